The minimum absolute atomic E-state index is 0.0514. The van der Waals surface area contributed by atoms with Gasteiger partial charge in [0.25, 0.3) is 5.91 Å². The second-order valence-electron chi connectivity index (χ2n) is 6.05. The molecule has 0 aliphatic carbocycles. The molecule has 12 heteroatoms. The molecule has 0 saturated heterocycles. The summed E-state index contributed by atoms with van der Waals surface area (Å²) in [5, 5.41) is 5.89. The minimum atomic E-state index is -5.09. The molecule has 1 amide bonds. The lowest BCUT2D eigenvalue weighted by Gasteiger charge is -2.13. The molecule has 0 radical (unpaired) electrons. The van der Waals surface area contributed by atoms with Gasteiger partial charge in [0, 0.05) is 16.7 Å². The highest BCUT2D eigenvalue weighted by Gasteiger charge is 2.42. The summed E-state index contributed by atoms with van der Waals surface area (Å²) in [6.45, 7) is 0. The summed E-state index contributed by atoms with van der Waals surface area (Å²) in [5.41, 5.74) is 2.22. The van der Waals surface area contributed by atoms with Crippen LogP contribution in [0.25, 0.3) is 5.69 Å². The number of nitrogens with two attached hydrogens (primary N) is 1. The number of benzene rings is 2. The number of anilines is 2. The van der Waals surface area contributed by atoms with Crippen molar-refractivity contribution in [3.8, 4) is 5.69 Å². The van der Waals surface area contributed by atoms with E-state index in [0.717, 1.165) is 18.2 Å². The van der Waals surface area contributed by atoms with E-state index in [2.05, 4.69) is 10.4 Å². The average molecular weight is 449 g/mol. The van der Waals surface area contributed by atoms with Crippen LogP contribution in [0.4, 0.5) is 37.7 Å². The molecule has 0 saturated carbocycles. The van der Waals surface area contributed by atoms with Crippen molar-refractivity contribution in [3.05, 3.63) is 70.5 Å². The van der Waals surface area contributed by atoms with Gasteiger partial charge < -0.3 is 11.1 Å². The molecule has 158 valence electrons. The minimum Gasteiger partial charge on any atom is -0.397 e. The van der Waals surface area contributed by atoms with E-state index in [1.54, 1.807) is 0 Å². The average Bonchev–Trinajstić information content (AvgIpc) is 3.10. The number of hydrogen-bond donors (Lipinski definition) is 2. The number of aromatic nitrogens is 2. The lowest BCUT2D eigenvalue weighted by Crippen LogP contribution is -2.15. The van der Waals surface area contributed by atoms with E-state index in [-0.39, 0.29) is 33.4 Å². The van der Waals surface area contributed by atoms with E-state index < -0.39 is 29.6 Å². The molecule has 0 aliphatic heterocycles. The summed E-state index contributed by atoms with van der Waals surface area (Å²) in [6, 6.07) is 8.95. The Morgan fingerprint density at radius 3 is 2.13 bits per heavy atom. The number of amides is 1. The lowest BCUT2D eigenvalue weighted by atomic mass is 10.2. The second-order valence-corrected chi connectivity index (χ2v) is 6.49. The fourth-order valence-corrected chi connectivity index (χ4v) is 2.64. The quantitative estimate of drug-likeness (QED) is 0.416. The number of nitrogens with zero attached hydrogens (tertiary/aromatic N) is 2. The highest BCUT2D eigenvalue weighted by molar-refractivity contribution is 6.30. The van der Waals surface area contributed by atoms with Gasteiger partial charge in [0.2, 0.25) is 0 Å². The number of halogens is 7. The third-order valence-electron chi connectivity index (χ3n) is 3.92. The van der Waals surface area contributed by atoms with Crippen molar-refractivity contribution < 1.29 is 31.1 Å². The van der Waals surface area contributed by atoms with Gasteiger partial charge in [-0.25, -0.2) is 4.68 Å². The van der Waals surface area contributed by atoms with Crippen molar-refractivity contribution in [3.63, 3.8) is 0 Å². The fourth-order valence-electron chi connectivity index (χ4n) is 2.51. The van der Waals surface area contributed by atoms with Crippen molar-refractivity contribution >= 4 is 28.9 Å². The van der Waals surface area contributed by atoms with Crippen LogP contribution in [-0.4, -0.2) is 15.7 Å². The Labute approximate surface area is 170 Å². The van der Waals surface area contributed by atoms with Crippen molar-refractivity contribution in [1.82, 2.24) is 9.78 Å². The molecule has 3 aromatic rings. The Bertz CT molecular complexity index is 1090. The molecule has 0 unspecified atom stereocenters. The maximum Gasteiger partial charge on any atom is 0.435 e. The molecule has 5 nitrogen and oxygen atoms in total. The van der Waals surface area contributed by atoms with Crippen LogP contribution in [0.5, 0.6) is 0 Å². The largest absolute Gasteiger partial charge is 0.435 e. The number of carbonyl (C=O) groups is 1. The van der Waals surface area contributed by atoms with E-state index in [1.807, 2.05) is 0 Å². The summed E-state index contributed by atoms with van der Waals surface area (Å²) in [6.07, 6.45) is -10.2. The zero-order valence-electron chi connectivity index (χ0n) is 14.6. The Hall–Kier alpha value is -3.21. The van der Waals surface area contributed by atoms with E-state index in [0.29, 0.717) is 5.02 Å². The van der Waals surface area contributed by atoms with Gasteiger partial charge in [-0.15, -0.1) is 0 Å². The predicted octanol–water partition coefficient (Wildman–Crippen LogP) is 5.40. The van der Waals surface area contributed by atoms with Crippen molar-refractivity contribution in [1.29, 1.82) is 0 Å². The monoisotopic (exact) mass is 448 g/mol. The molecule has 3 rings (SSSR count). The molecule has 2 aromatic carbocycles. The van der Waals surface area contributed by atoms with Gasteiger partial charge in [0.15, 0.2) is 5.69 Å². The van der Waals surface area contributed by atoms with Gasteiger partial charge in [0.05, 0.1) is 17.1 Å². The second kappa shape index (κ2) is 7.56. The van der Waals surface area contributed by atoms with Crippen molar-refractivity contribution in [2.24, 2.45) is 0 Å². The standard InChI is InChI=1S/C18H11ClF6N4O/c19-10-3-1-9(2-4-10)16(30)27-13-6-5-11(7-12(13)26)29-15(18(23,24)25)8-14(28-29)17(20,21)22/h1-8H,26H2,(H,27,30). The predicted molar refractivity (Wildman–Crippen MR) is 97.4 cm³/mol. The maximum atomic E-state index is 13.2. The zero-order valence-corrected chi connectivity index (χ0v) is 15.4. The van der Waals surface area contributed by atoms with E-state index >= 15 is 0 Å². The fraction of sp³-hybridized carbons (Fsp3) is 0.111. The molecule has 0 bridgehead atoms. The van der Waals surface area contributed by atoms with Crippen molar-refractivity contribution in [2.45, 2.75) is 12.4 Å². The van der Waals surface area contributed by atoms with Gasteiger partial charge in [-0.05, 0) is 42.5 Å². The van der Waals surface area contributed by atoms with Gasteiger partial charge in [-0.3, -0.25) is 4.79 Å². The first-order valence-corrected chi connectivity index (χ1v) is 8.45. The summed E-state index contributed by atoms with van der Waals surface area (Å²) in [5.74, 6) is -0.569. The van der Waals surface area contributed by atoms with Crippen LogP contribution in [-0.2, 0) is 12.4 Å². The molecule has 0 spiro atoms. The zero-order chi connectivity index (χ0) is 22.3. The summed E-state index contributed by atoms with van der Waals surface area (Å²) >= 11 is 5.74. The molecule has 1 aromatic heterocycles. The summed E-state index contributed by atoms with van der Waals surface area (Å²) in [7, 11) is 0. The Balaban J connectivity index is 1.94. The van der Waals surface area contributed by atoms with E-state index in [9.17, 15) is 31.1 Å². The number of rotatable bonds is 3. The number of alkyl halides is 6. The van der Waals surface area contributed by atoms with Crippen LogP contribution in [0, 0.1) is 0 Å². The number of carbonyl (C=O) groups excluding carboxylic acids is 1. The van der Waals surface area contributed by atoms with Crippen LogP contribution in [0.3, 0.4) is 0 Å². The highest BCUT2D eigenvalue weighted by atomic mass is 35.5. The molecule has 30 heavy (non-hydrogen) atoms. The molecule has 0 fully saturated rings. The van der Waals surface area contributed by atoms with Crippen LogP contribution in [0.15, 0.2) is 48.5 Å². The van der Waals surface area contributed by atoms with Crippen LogP contribution in [0.2, 0.25) is 5.02 Å². The molecule has 3 N–H and O–H groups in total. The van der Waals surface area contributed by atoms with Crippen molar-refractivity contribution in [2.75, 3.05) is 11.1 Å². The highest BCUT2D eigenvalue weighted by Crippen LogP contribution is 2.37. The number of hydrogen-bond acceptors (Lipinski definition) is 3. The first-order chi connectivity index (χ1) is 13.9. The van der Waals surface area contributed by atoms with Crippen LogP contribution in [0.1, 0.15) is 21.7 Å². The Morgan fingerprint density at radius 2 is 1.60 bits per heavy atom. The summed E-state index contributed by atoms with van der Waals surface area (Å²) in [4.78, 5) is 12.2. The van der Waals surface area contributed by atoms with Gasteiger partial charge in [-0.2, -0.15) is 31.4 Å². The third kappa shape index (κ3) is 4.51. The maximum absolute atomic E-state index is 13.2. The first kappa shape index (κ1) is 21.5. The van der Waals surface area contributed by atoms with E-state index in [1.165, 1.54) is 24.3 Å². The summed E-state index contributed by atoms with van der Waals surface area (Å²) < 4.78 is 78.1. The normalized spacial score (nSPS) is 12.1. The SMILES string of the molecule is Nc1cc(-n2nc(C(F)(F)F)cc2C(F)(F)F)ccc1NC(=O)c1ccc(Cl)cc1. The molecule has 0 aliphatic rings. The topological polar surface area (TPSA) is 72.9 Å². The van der Waals surface area contributed by atoms with Gasteiger partial charge >= 0.3 is 12.4 Å². The molecular weight excluding hydrogens is 438 g/mol. The lowest BCUT2D eigenvalue weighted by molar-refractivity contribution is -0.143. The molecule has 0 atom stereocenters. The van der Waals surface area contributed by atoms with Crippen LogP contribution < -0.4 is 11.1 Å². The van der Waals surface area contributed by atoms with Gasteiger partial charge in [0.1, 0.15) is 5.69 Å². The number of nitrogens with one attached hydrogen (secondary N) is 1. The third-order valence-corrected chi connectivity index (χ3v) is 4.18. The molecular formula is C18H11ClF6N4O. The molecule has 1 heterocycles. The smallest absolute Gasteiger partial charge is 0.397 e. The van der Waals surface area contributed by atoms with Gasteiger partial charge in [-0.1, -0.05) is 11.6 Å². The first-order valence-electron chi connectivity index (χ1n) is 8.07. The Morgan fingerprint density at radius 1 is 0.967 bits per heavy atom. The van der Waals surface area contributed by atoms with Crippen LogP contribution >= 0.6 is 11.6 Å². The Kier molecular flexibility index (Phi) is 5.42. The number of nitrogen functional groups attached to an aromatic ring is 1. The van der Waals surface area contributed by atoms with E-state index in [4.69, 9.17) is 17.3 Å².